The molecule has 2 heterocycles. The summed E-state index contributed by atoms with van der Waals surface area (Å²) in [6.07, 6.45) is 3.27. The van der Waals surface area contributed by atoms with Crippen LogP contribution < -0.4 is 5.32 Å². The van der Waals surface area contributed by atoms with Gasteiger partial charge in [-0.05, 0) is 6.92 Å². The number of aromatic amines is 1. The second-order valence-corrected chi connectivity index (χ2v) is 4.97. The van der Waals surface area contributed by atoms with Gasteiger partial charge in [0.2, 0.25) is 0 Å². The van der Waals surface area contributed by atoms with Crippen molar-refractivity contribution in [1.82, 2.24) is 20.2 Å². The van der Waals surface area contributed by atoms with Crippen molar-refractivity contribution in [3.8, 4) is 0 Å². The number of imidazole rings is 1. The predicted octanol–water partition coefficient (Wildman–Crippen LogP) is 0.640. The van der Waals surface area contributed by atoms with E-state index in [1.807, 2.05) is 0 Å². The SMILES string of the molecule is CC(NC(=O)N1CSC[C@H]1C(=O)O)c1ncc[nH]1. The fourth-order valence-corrected chi connectivity index (χ4v) is 2.84. The summed E-state index contributed by atoms with van der Waals surface area (Å²) in [6.45, 7) is 1.79. The third kappa shape index (κ3) is 2.58. The molecule has 0 radical (unpaired) electrons. The van der Waals surface area contributed by atoms with E-state index in [1.54, 1.807) is 19.3 Å². The van der Waals surface area contributed by atoms with Crippen LogP contribution in [-0.4, -0.2) is 49.6 Å². The van der Waals surface area contributed by atoms with Gasteiger partial charge in [0.25, 0.3) is 0 Å². The summed E-state index contributed by atoms with van der Waals surface area (Å²) < 4.78 is 0. The zero-order chi connectivity index (χ0) is 13.1. The first kappa shape index (κ1) is 12.7. The van der Waals surface area contributed by atoms with Gasteiger partial charge in [0.05, 0.1) is 11.9 Å². The highest BCUT2D eigenvalue weighted by Crippen LogP contribution is 2.21. The fraction of sp³-hybridized carbons (Fsp3) is 0.500. The number of aromatic nitrogens is 2. The second-order valence-electron chi connectivity index (χ2n) is 3.97. The summed E-state index contributed by atoms with van der Waals surface area (Å²) in [5.74, 6) is 0.494. The number of H-pyrrole nitrogens is 1. The van der Waals surface area contributed by atoms with E-state index < -0.39 is 12.0 Å². The Balaban J connectivity index is 1.97. The smallest absolute Gasteiger partial charge is 0.327 e. The Morgan fingerprint density at radius 2 is 2.50 bits per heavy atom. The third-order valence-corrected chi connectivity index (χ3v) is 3.71. The lowest BCUT2D eigenvalue weighted by atomic mass is 10.3. The number of hydrogen-bond acceptors (Lipinski definition) is 4. The molecule has 2 rings (SSSR count). The normalized spacial score (nSPS) is 20.7. The molecule has 18 heavy (non-hydrogen) atoms. The van der Waals surface area contributed by atoms with Gasteiger partial charge in [0.1, 0.15) is 11.9 Å². The molecule has 1 aromatic rings. The number of aliphatic carboxylic acids is 1. The number of carbonyl (C=O) groups is 2. The maximum atomic E-state index is 12.0. The van der Waals surface area contributed by atoms with E-state index in [2.05, 4.69) is 15.3 Å². The number of carboxylic acid groups (broad SMARTS) is 1. The predicted molar refractivity (Wildman–Crippen MR) is 66.1 cm³/mol. The monoisotopic (exact) mass is 270 g/mol. The molecule has 98 valence electrons. The van der Waals surface area contributed by atoms with Crippen LogP contribution in [0.4, 0.5) is 4.79 Å². The number of hydrogen-bond donors (Lipinski definition) is 3. The molecule has 0 spiro atoms. The Labute approximate surface area is 108 Å². The lowest BCUT2D eigenvalue weighted by Crippen LogP contribution is -2.47. The van der Waals surface area contributed by atoms with Gasteiger partial charge in [-0.2, -0.15) is 0 Å². The van der Waals surface area contributed by atoms with Gasteiger partial charge in [-0.15, -0.1) is 11.8 Å². The third-order valence-electron chi connectivity index (χ3n) is 2.70. The summed E-state index contributed by atoms with van der Waals surface area (Å²) in [6, 6.07) is -1.41. The lowest BCUT2D eigenvalue weighted by molar-refractivity contribution is -0.140. The van der Waals surface area contributed by atoms with Crippen LogP contribution in [-0.2, 0) is 4.79 Å². The Morgan fingerprint density at radius 1 is 1.72 bits per heavy atom. The number of thioether (sulfide) groups is 1. The minimum atomic E-state index is -0.971. The number of rotatable bonds is 3. The minimum Gasteiger partial charge on any atom is -0.480 e. The van der Waals surface area contributed by atoms with Crippen LogP contribution >= 0.6 is 11.8 Å². The highest BCUT2D eigenvalue weighted by molar-refractivity contribution is 7.99. The van der Waals surface area contributed by atoms with Crippen LogP contribution in [0.1, 0.15) is 18.8 Å². The van der Waals surface area contributed by atoms with E-state index in [4.69, 9.17) is 5.11 Å². The molecule has 0 bridgehead atoms. The highest BCUT2D eigenvalue weighted by Gasteiger charge is 2.35. The molecule has 7 nitrogen and oxygen atoms in total. The van der Waals surface area contributed by atoms with Crippen molar-refractivity contribution >= 4 is 23.8 Å². The number of carbonyl (C=O) groups excluding carboxylic acids is 1. The molecule has 2 atom stereocenters. The molecule has 1 fully saturated rings. The molecule has 2 amide bonds. The van der Waals surface area contributed by atoms with Crippen LogP contribution in [0, 0.1) is 0 Å². The minimum absolute atomic E-state index is 0.285. The Kier molecular flexibility index (Phi) is 3.75. The maximum Gasteiger partial charge on any atom is 0.327 e. The lowest BCUT2D eigenvalue weighted by Gasteiger charge is -2.22. The summed E-state index contributed by atoms with van der Waals surface area (Å²) in [5, 5.41) is 11.7. The number of nitrogens with one attached hydrogen (secondary N) is 2. The van der Waals surface area contributed by atoms with Gasteiger partial charge in [0.15, 0.2) is 0 Å². The largest absolute Gasteiger partial charge is 0.480 e. The first-order chi connectivity index (χ1) is 8.59. The Hall–Kier alpha value is -1.70. The summed E-state index contributed by atoms with van der Waals surface area (Å²) in [7, 11) is 0. The van der Waals surface area contributed by atoms with Crippen molar-refractivity contribution in [1.29, 1.82) is 0 Å². The van der Waals surface area contributed by atoms with Crippen LogP contribution in [0.3, 0.4) is 0 Å². The average Bonchev–Trinajstić information content (AvgIpc) is 3.00. The summed E-state index contributed by atoms with van der Waals surface area (Å²) >= 11 is 1.43. The molecule has 1 aromatic heterocycles. The molecule has 1 unspecified atom stereocenters. The van der Waals surface area contributed by atoms with Crippen molar-refractivity contribution in [2.45, 2.75) is 19.0 Å². The van der Waals surface area contributed by atoms with Crippen molar-refractivity contribution in [2.24, 2.45) is 0 Å². The molecule has 0 aromatic carbocycles. The summed E-state index contributed by atoms with van der Waals surface area (Å²) in [4.78, 5) is 31.2. The van der Waals surface area contributed by atoms with E-state index in [1.165, 1.54) is 16.7 Å². The van der Waals surface area contributed by atoms with E-state index in [-0.39, 0.29) is 12.1 Å². The zero-order valence-electron chi connectivity index (χ0n) is 9.79. The molecule has 1 saturated heterocycles. The fourth-order valence-electron chi connectivity index (χ4n) is 1.70. The van der Waals surface area contributed by atoms with Gasteiger partial charge < -0.3 is 20.3 Å². The van der Waals surface area contributed by atoms with Crippen molar-refractivity contribution in [3.63, 3.8) is 0 Å². The standard InChI is InChI=1S/C10H14N4O3S/c1-6(8-11-2-3-12-8)13-10(17)14-5-18-4-7(14)9(15)16/h2-3,6-7H,4-5H2,1H3,(H,11,12)(H,13,17)(H,15,16)/t6?,7-/m0/s1. The summed E-state index contributed by atoms with van der Waals surface area (Å²) in [5.41, 5.74) is 0. The quantitative estimate of drug-likeness (QED) is 0.748. The van der Waals surface area contributed by atoms with Crippen LogP contribution in [0.25, 0.3) is 0 Å². The highest BCUT2D eigenvalue weighted by atomic mass is 32.2. The number of nitrogens with zero attached hydrogens (tertiary/aromatic N) is 2. The van der Waals surface area contributed by atoms with Gasteiger partial charge in [-0.3, -0.25) is 0 Å². The van der Waals surface area contributed by atoms with Crippen molar-refractivity contribution < 1.29 is 14.7 Å². The molecule has 0 saturated carbocycles. The topological polar surface area (TPSA) is 98.3 Å². The molecule has 3 N–H and O–H groups in total. The second kappa shape index (κ2) is 5.30. The number of carboxylic acids is 1. The Bertz CT molecular complexity index is 436. The average molecular weight is 270 g/mol. The Morgan fingerprint density at radius 3 is 3.11 bits per heavy atom. The van der Waals surface area contributed by atoms with Crippen LogP contribution in [0.15, 0.2) is 12.4 Å². The number of amides is 2. The van der Waals surface area contributed by atoms with Gasteiger partial charge in [0, 0.05) is 18.1 Å². The maximum absolute atomic E-state index is 12.0. The zero-order valence-corrected chi connectivity index (χ0v) is 10.6. The molecule has 1 aliphatic rings. The van der Waals surface area contributed by atoms with Crippen molar-refractivity contribution in [2.75, 3.05) is 11.6 Å². The van der Waals surface area contributed by atoms with Gasteiger partial charge >= 0.3 is 12.0 Å². The van der Waals surface area contributed by atoms with Gasteiger partial charge in [-0.25, -0.2) is 14.6 Å². The molecular formula is C10H14N4O3S. The van der Waals surface area contributed by atoms with Crippen LogP contribution in [0.2, 0.25) is 0 Å². The first-order valence-corrected chi connectivity index (χ1v) is 6.62. The molecule has 1 aliphatic heterocycles. The van der Waals surface area contributed by atoms with E-state index >= 15 is 0 Å². The molecular weight excluding hydrogens is 256 g/mol. The van der Waals surface area contributed by atoms with Gasteiger partial charge in [-0.1, -0.05) is 0 Å². The van der Waals surface area contributed by atoms with E-state index in [0.29, 0.717) is 17.5 Å². The van der Waals surface area contributed by atoms with Crippen molar-refractivity contribution in [3.05, 3.63) is 18.2 Å². The molecule has 8 heteroatoms. The molecule has 0 aliphatic carbocycles. The number of urea groups is 1. The van der Waals surface area contributed by atoms with E-state index in [9.17, 15) is 9.59 Å². The first-order valence-electron chi connectivity index (χ1n) is 5.46. The van der Waals surface area contributed by atoms with E-state index in [0.717, 1.165) is 0 Å². The van der Waals surface area contributed by atoms with Crippen LogP contribution in [0.5, 0.6) is 0 Å².